The third-order valence-corrected chi connectivity index (χ3v) is 15.6. The SMILES string of the molecule is c1ccc(N(c2ccccc2)c2ccc(-c3ccc(-c4cc(-c5ccc6c(c5)c5ccccc5n6-c5ccc6ccccc6c5)cc(-c5ccc6c(c5)c5ccccc5n6-c5ccc6ccccc6c5)c4)cc3)cc2)cc1. The molecular formula is C74H49N3. The van der Waals surface area contributed by atoms with Gasteiger partial charge in [-0.3, -0.25) is 0 Å². The van der Waals surface area contributed by atoms with Crippen LogP contribution in [0.15, 0.2) is 297 Å². The summed E-state index contributed by atoms with van der Waals surface area (Å²) in [4.78, 5) is 2.30. The van der Waals surface area contributed by atoms with Crippen LogP contribution in [0.1, 0.15) is 0 Å². The van der Waals surface area contributed by atoms with Crippen molar-refractivity contribution in [1.29, 1.82) is 0 Å². The Morgan fingerprint density at radius 3 is 1.00 bits per heavy atom. The molecule has 0 fully saturated rings. The highest BCUT2D eigenvalue weighted by atomic mass is 15.1. The van der Waals surface area contributed by atoms with Crippen LogP contribution >= 0.6 is 0 Å². The second kappa shape index (κ2) is 18.3. The van der Waals surface area contributed by atoms with E-state index in [2.05, 4.69) is 311 Å². The number of hydrogen-bond acceptors (Lipinski definition) is 1. The van der Waals surface area contributed by atoms with E-state index in [1.165, 1.54) is 98.5 Å². The number of nitrogens with zero attached hydrogens (tertiary/aromatic N) is 3. The molecule has 0 bridgehead atoms. The summed E-state index contributed by atoms with van der Waals surface area (Å²) in [5, 5.41) is 9.87. The molecule has 2 aromatic heterocycles. The van der Waals surface area contributed by atoms with Gasteiger partial charge in [-0.2, -0.15) is 0 Å². The van der Waals surface area contributed by atoms with Gasteiger partial charge in [0.05, 0.1) is 22.1 Å². The van der Waals surface area contributed by atoms with Crippen molar-refractivity contribution in [3.8, 4) is 55.9 Å². The van der Waals surface area contributed by atoms with Crippen molar-refractivity contribution in [3.63, 3.8) is 0 Å². The molecular weight excluding hydrogens is 931 g/mol. The summed E-state index contributed by atoms with van der Waals surface area (Å²) in [7, 11) is 0. The van der Waals surface area contributed by atoms with Crippen LogP contribution < -0.4 is 4.90 Å². The largest absolute Gasteiger partial charge is 0.311 e. The van der Waals surface area contributed by atoms with Crippen molar-refractivity contribution in [3.05, 3.63) is 297 Å². The summed E-state index contributed by atoms with van der Waals surface area (Å²) in [6.07, 6.45) is 0. The first-order valence-corrected chi connectivity index (χ1v) is 26.5. The standard InChI is InChI=1S/C74H49N3/c1-3-19-62(20-4-1)75(63-21-5-2-6-22-63)64-37-31-53(32-38-64)52-27-29-54(30-28-52)59-43-60(57-35-41-73-69(48-57)67-23-11-13-25-71(67)76(73)65-39-33-50-15-7-9-17-55(50)46-65)45-61(44-59)58-36-42-74-70(49-58)68-24-12-14-26-72(68)77(74)66-40-34-51-16-8-10-18-56(51)47-66/h1-49H. The van der Waals surface area contributed by atoms with Gasteiger partial charge < -0.3 is 14.0 Å². The van der Waals surface area contributed by atoms with Crippen LogP contribution in [0, 0.1) is 0 Å². The fourth-order valence-electron chi connectivity index (χ4n) is 11.9. The monoisotopic (exact) mass is 979 g/mol. The lowest BCUT2D eigenvalue weighted by molar-refractivity contribution is 1.19. The van der Waals surface area contributed by atoms with Gasteiger partial charge in [0.2, 0.25) is 0 Å². The number of rotatable bonds is 9. The van der Waals surface area contributed by atoms with Crippen molar-refractivity contribution in [2.45, 2.75) is 0 Å². The van der Waals surface area contributed by atoms with E-state index in [1.807, 2.05) is 0 Å². The summed E-state index contributed by atoms with van der Waals surface area (Å²) >= 11 is 0. The normalized spacial score (nSPS) is 11.6. The van der Waals surface area contributed by atoms with Crippen LogP contribution in [0.25, 0.3) is 121 Å². The Morgan fingerprint density at radius 2 is 0.532 bits per heavy atom. The van der Waals surface area contributed by atoms with E-state index < -0.39 is 0 Å². The highest BCUT2D eigenvalue weighted by Gasteiger charge is 2.18. The summed E-state index contributed by atoms with van der Waals surface area (Å²) in [5.41, 5.74) is 19.8. The molecule has 13 aromatic carbocycles. The number of hydrogen-bond donors (Lipinski definition) is 0. The third-order valence-electron chi connectivity index (χ3n) is 15.6. The molecule has 0 unspecified atom stereocenters. The predicted molar refractivity (Wildman–Crippen MR) is 327 cm³/mol. The van der Waals surface area contributed by atoms with Crippen LogP contribution in [0.2, 0.25) is 0 Å². The molecule has 77 heavy (non-hydrogen) atoms. The highest BCUT2D eigenvalue weighted by molar-refractivity contribution is 6.12. The molecule has 0 atom stereocenters. The maximum Gasteiger partial charge on any atom is 0.0541 e. The molecule has 0 amide bonds. The van der Waals surface area contributed by atoms with Gasteiger partial charge in [0, 0.05) is 50.0 Å². The van der Waals surface area contributed by atoms with Gasteiger partial charge in [0.1, 0.15) is 0 Å². The zero-order valence-electron chi connectivity index (χ0n) is 42.1. The topological polar surface area (TPSA) is 13.1 Å². The molecule has 15 aromatic rings. The van der Waals surface area contributed by atoms with Crippen molar-refractivity contribution < 1.29 is 0 Å². The van der Waals surface area contributed by atoms with E-state index in [0.29, 0.717) is 0 Å². The lowest BCUT2D eigenvalue weighted by atomic mass is 9.91. The van der Waals surface area contributed by atoms with E-state index in [1.54, 1.807) is 0 Å². The Balaban J connectivity index is 0.856. The summed E-state index contributed by atoms with van der Waals surface area (Å²) in [6, 6.07) is 109. The van der Waals surface area contributed by atoms with Crippen LogP contribution in [0.5, 0.6) is 0 Å². The molecule has 0 saturated heterocycles. The molecule has 2 heterocycles. The number of fused-ring (bicyclic) bond motifs is 8. The maximum absolute atomic E-state index is 2.42. The van der Waals surface area contributed by atoms with Crippen molar-refractivity contribution in [2.24, 2.45) is 0 Å². The van der Waals surface area contributed by atoms with E-state index >= 15 is 0 Å². The van der Waals surface area contributed by atoms with Gasteiger partial charge in [-0.05, 0) is 181 Å². The molecule has 0 aliphatic rings. The van der Waals surface area contributed by atoms with Gasteiger partial charge in [-0.25, -0.2) is 0 Å². The zero-order valence-corrected chi connectivity index (χ0v) is 42.1. The van der Waals surface area contributed by atoms with E-state index in [-0.39, 0.29) is 0 Å². The number of para-hydroxylation sites is 4. The lowest BCUT2D eigenvalue weighted by Crippen LogP contribution is -2.09. The number of anilines is 3. The first kappa shape index (κ1) is 44.3. The predicted octanol–water partition coefficient (Wildman–Crippen LogP) is 20.3. The van der Waals surface area contributed by atoms with E-state index in [4.69, 9.17) is 0 Å². The van der Waals surface area contributed by atoms with Crippen LogP contribution in [-0.2, 0) is 0 Å². The Labute approximate surface area is 447 Å². The Morgan fingerprint density at radius 1 is 0.195 bits per heavy atom. The Bertz CT molecular complexity index is 4460. The van der Waals surface area contributed by atoms with E-state index in [9.17, 15) is 0 Å². The average Bonchev–Trinajstić information content (AvgIpc) is 4.25. The minimum Gasteiger partial charge on any atom is -0.311 e. The van der Waals surface area contributed by atoms with Gasteiger partial charge in [0.25, 0.3) is 0 Å². The number of benzene rings is 13. The maximum atomic E-state index is 2.42. The Hall–Kier alpha value is -10.2. The van der Waals surface area contributed by atoms with Crippen molar-refractivity contribution in [2.75, 3.05) is 4.90 Å². The smallest absolute Gasteiger partial charge is 0.0541 e. The molecule has 0 N–H and O–H groups in total. The quantitative estimate of drug-likeness (QED) is 0.140. The van der Waals surface area contributed by atoms with Crippen LogP contribution in [0.3, 0.4) is 0 Å². The van der Waals surface area contributed by atoms with Gasteiger partial charge >= 0.3 is 0 Å². The third kappa shape index (κ3) is 7.75. The fourth-order valence-corrected chi connectivity index (χ4v) is 11.9. The van der Waals surface area contributed by atoms with Crippen LogP contribution in [-0.4, -0.2) is 9.13 Å². The van der Waals surface area contributed by atoms with E-state index in [0.717, 1.165) is 39.6 Å². The summed E-state index contributed by atoms with van der Waals surface area (Å²) < 4.78 is 4.84. The Kier molecular flexibility index (Phi) is 10.5. The second-order valence-electron chi connectivity index (χ2n) is 20.2. The molecule has 0 saturated carbocycles. The second-order valence-corrected chi connectivity index (χ2v) is 20.2. The number of aromatic nitrogens is 2. The van der Waals surface area contributed by atoms with Gasteiger partial charge in [0.15, 0.2) is 0 Å². The molecule has 360 valence electrons. The minimum absolute atomic E-state index is 1.11. The first-order chi connectivity index (χ1) is 38.1. The van der Waals surface area contributed by atoms with Gasteiger partial charge in [-0.1, -0.05) is 182 Å². The molecule has 0 spiro atoms. The molecule has 0 aliphatic carbocycles. The van der Waals surface area contributed by atoms with Gasteiger partial charge in [-0.15, -0.1) is 0 Å². The lowest BCUT2D eigenvalue weighted by Gasteiger charge is -2.25. The average molecular weight is 980 g/mol. The summed E-state index contributed by atoms with van der Waals surface area (Å²) in [6.45, 7) is 0. The minimum atomic E-state index is 1.11. The van der Waals surface area contributed by atoms with Crippen molar-refractivity contribution >= 4 is 82.2 Å². The molecule has 0 aliphatic heterocycles. The molecule has 3 heteroatoms. The fraction of sp³-hybridized carbons (Fsp3) is 0. The zero-order chi connectivity index (χ0) is 50.8. The molecule has 3 nitrogen and oxygen atoms in total. The van der Waals surface area contributed by atoms with Crippen LogP contribution in [0.4, 0.5) is 17.1 Å². The first-order valence-electron chi connectivity index (χ1n) is 26.5. The molecule has 15 rings (SSSR count). The highest BCUT2D eigenvalue weighted by Crippen LogP contribution is 2.42. The summed E-state index contributed by atoms with van der Waals surface area (Å²) in [5.74, 6) is 0. The molecule has 0 radical (unpaired) electrons. The van der Waals surface area contributed by atoms with Crippen molar-refractivity contribution in [1.82, 2.24) is 9.13 Å².